The molecule has 0 bridgehead atoms. The van der Waals surface area contributed by atoms with Crippen molar-refractivity contribution in [2.75, 3.05) is 0 Å². The lowest BCUT2D eigenvalue weighted by Crippen LogP contribution is -2.43. The summed E-state index contributed by atoms with van der Waals surface area (Å²) in [5, 5.41) is 1.25. The highest BCUT2D eigenvalue weighted by molar-refractivity contribution is 6.74. The number of furan rings is 1. The van der Waals surface area contributed by atoms with Gasteiger partial charge in [0.15, 0.2) is 0 Å². The average Bonchev–Trinajstić information content (AvgIpc) is 3.08. The molecule has 1 heterocycles. The van der Waals surface area contributed by atoms with Gasteiger partial charge in [0.05, 0.1) is 0 Å². The molecule has 0 N–H and O–H groups in total. The molecule has 4 aromatic rings. The molecule has 0 aliphatic carbocycles. The second-order valence-electron chi connectivity index (χ2n) is 10.0. The van der Waals surface area contributed by atoms with E-state index in [0.717, 1.165) is 44.7 Å². The van der Waals surface area contributed by atoms with E-state index in [1.165, 1.54) is 5.56 Å². The molecule has 0 radical (unpaired) electrons. The van der Waals surface area contributed by atoms with Crippen LogP contribution in [0, 0.1) is 13.8 Å². The van der Waals surface area contributed by atoms with Crippen molar-refractivity contribution in [1.82, 2.24) is 0 Å². The zero-order valence-corrected chi connectivity index (χ0v) is 20.7. The van der Waals surface area contributed by atoms with Gasteiger partial charge >= 0.3 is 0 Å². The fourth-order valence-electron chi connectivity index (χ4n) is 3.64. The third-order valence-corrected chi connectivity index (χ3v) is 10.9. The minimum absolute atomic E-state index is 0.140. The lowest BCUT2D eigenvalue weighted by Gasteiger charge is -2.36. The minimum Gasteiger partial charge on any atom is -0.543 e. The maximum Gasteiger partial charge on any atom is 0.250 e. The van der Waals surface area contributed by atoms with Gasteiger partial charge in [-0.3, -0.25) is 0 Å². The van der Waals surface area contributed by atoms with E-state index in [9.17, 15) is 0 Å². The van der Waals surface area contributed by atoms with Crippen molar-refractivity contribution in [3.05, 3.63) is 77.9 Å². The van der Waals surface area contributed by atoms with Crippen LogP contribution < -0.4 is 4.43 Å². The number of aryl methyl sites for hydroxylation is 2. The normalized spacial score (nSPS) is 12.4. The molecule has 1 aromatic heterocycles. The predicted molar refractivity (Wildman–Crippen MR) is 134 cm³/mol. The predicted octanol–water partition coefficient (Wildman–Crippen LogP) is 8.77. The highest BCUT2D eigenvalue weighted by atomic mass is 28.4. The highest BCUT2D eigenvalue weighted by Crippen LogP contribution is 2.44. The Morgan fingerprint density at radius 3 is 2.06 bits per heavy atom. The molecule has 0 aliphatic rings. The van der Waals surface area contributed by atoms with Crippen LogP contribution in [-0.2, 0) is 0 Å². The van der Waals surface area contributed by atoms with Gasteiger partial charge in [0.25, 0.3) is 0 Å². The van der Waals surface area contributed by atoms with Crippen LogP contribution in [-0.4, -0.2) is 8.32 Å². The summed E-state index contributed by atoms with van der Waals surface area (Å²) >= 11 is 0. The van der Waals surface area contributed by atoms with Gasteiger partial charge in [0.1, 0.15) is 17.1 Å². The van der Waals surface area contributed by atoms with E-state index in [0.29, 0.717) is 0 Å². The molecule has 0 fully saturated rings. The minimum atomic E-state index is -1.95. The van der Waals surface area contributed by atoms with Crippen molar-refractivity contribution in [3.8, 4) is 28.2 Å². The smallest absolute Gasteiger partial charge is 0.250 e. The zero-order valence-electron chi connectivity index (χ0n) is 19.7. The van der Waals surface area contributed by atoms with E-state index in [1.807, 2.05) is 6.07 Å². The number of fused-ring (bicyclic) bond motifs is 1. The summed E-state index contributed by atoms with van der Waals surface area (Å²) < 4.78 is 13.2. The van der Waals surface area contributed by atoms with Crippen LogP contribution in [0.25, 0.3) is 33.4 Å². The zero-order chi connectivity index (χ0) is 22.4. The monoisotopic (exact) mass is 428 g/mol. The molecule has 0 unspecified atom stereocenters. The summed E-state index contributed by atoms with van der Waals surface area (Å²) in [5.41, 5.74) is 6.65. The molecule has 3 heteroatoms. The van der Waals surface area contributed by atoms with Crippen LogP contribution in [0.5, 0.6) is 5.75 Å². The lowest BCUT2D eigenvalue weighted by molar-refractivity contribution is 0.492. The van der Waals surface area contributed by atoms with Crippen molar-refractivity contribution < 1.29 is 8.84 Å². The Bertz CT molecular complexity index is 1210. The molecule has 0 amide bonds. The molecule has 3 aromatic carbocycles. The van der Waals surface area contributed by atoms with Crippen molar-refractivity contribution >= 4 is 19.3 Å². The summed E-state index contributed by atoms with van der Waals surface area (Å²) in [6.45, 7) is 15.6. The van der Waals surface area contributed by atoms with Crippen LogP contribution in [0.2, 0.25) is 18.1 Å². The summed E-state index contributed by atoms with van der Waals surface area (Å²) in [4.78, 5) is 0. The molecule has 0 spiro atoms. The van der Waals surface area contributed by atoms with Gasteiger partial charge in [-0.2, -0.15) is 0 Å². The molecular formula is C28H32O2Si. The Labute approximate surface area is 187 Å². The van der Waals surface area contributed by atoms with Gasteiger partial charge in [-0.1, -0.05) is 80.9 Å². The standard InChI is InChI=1S/C28H32O2Si/c1-19-13-15-21(16-14-19)25-24-18-23(30-31(6,7)28(3,4)5)17-20(2)26(24)29-27(25)22-11-9-8-10-12-22/h8-18H,1-7H3. The van der Waals surface area contributed by atoms with E-state index in [4.69, 9.17) is 8.84 Å². The number of benzene rings is 3. The Balaban J connectivity index is 1.96. The van der Waals surface area contributed by atoms with E-state index >= 15 is 0 Å². The van der Waals surface area contributed by atoms with Gasteiger partial charge in [-0.05, 0) is 55.2 Å². The van der Waals surface area contributed by atoms with Gasteiger partial charge in [0, 0.05) is 16.5 Å². The maximum atomic E-state index is 6.68. The van der Waals surface area contributed by atoms with Crippen molar-refractivity contribution in [3.63, 3.8) is 0 Å². The van der Waals surface area contributed by atoms with Crippen LogP contribution in [0.4, 0.5) is 0 Å². The number of hydrogen-bond donors (Lipinski definition) is 0. The quantitative estimate of drug-likeness (QED) is 0.303. The molecule has 0 saturated carbocycles. The second kappa shape index (κ2) is 7.72. The van der Waals surface area contributed by atoms with Crippen molar-refractivity contribution in [2.45, 2.75) is 52.8 Å². The molecule has 0 aliphatic heterocycles. The Morgan fingerprint density at radius 2 is 1.45 bits per heavy atom. The first-order valence-electron chi connectivity index (χ1n) is 11.0. The summed E-state index contributed by atoms with van der Waals surface area (Å²) in [6.07, 6.45) is 0. The van der Waals surface area contributed by atoms with E-state index in [2.05, 4.69) is 108 Å². The molecule has 31 heavy (non-hydrogen) atoms. The van der Waals surface area contributed by atoms with Gasteiger partial charge in [-0.15, -0.1) is 0 Å². The lowest BCUT2D eigenvalue weighted by atomic mass is 9.97. The summed E-state index contributed by atoms with van der Waals surface area (Å²) in [5.74, 6) is 1.84. The number of rotatable bonds is 4. The van der Waals surface area contributed by atoms with Crippen LogP contribution in [0.3, 0.4) is 0 Å². The van der Waals surface area contributed by atoms with E-state index < -0.39 is 8.32 Å². The van der Waals surface area contributed by atoms with Crippen molar-refractivity contribution in [1.29, 1.82) is 0 Å². The largest absolute Gasteiger partial charge is 0.543 e. The molecular weight excluding hydrogens is 396 g/mol. The van der Waals surface area contributed by atoms with Gasteiger partial charge < -0.3 is 8.84 Å². The molecule has 0 atom stereocenters. The first kappa shape index (κ1) is 21.4. The Kier molecular flexibility index (Phi) is 5.34. The second-order valence-corrected chi connectivity index (χ2v) is 14.7. The SMILES string of the molecule is Cc1ccc(-c2c(-c3ccccc3)oc3c(C)cc(O[Si](C)(C)C(C)(C)C)cc23)cc1. The Morgan fingerprint density at radius 1 is 0.806 bits per heavy atom. The molecule has 2 nitrogen and oxygen atoms in total. The summed E-state index contributed by atoms with van der Waals surface area (Å²) in [7, 11) is -1.95. The molecule has 0 saturated heterocycles. The fraction of sp³-hybridized carbons (Fsp3) is 0.286. The van der Waals surface area contributed by atoms with Gasteiger partial charge in [-0.25, -0.2) is 0 Å². The van der Waals surface area contributed by atoms with Crippen LogP contribution in [0.15, 0.2) is 71.1 Å². The van der Waals surface area contributed by atoms with E-state index in [1.54, 1.807) is 0 Å². The topological polar surface area (TPSA) is 22.4 Å². The van der Waals surface area contributed by atoms with E-state index in [-0.39, 0.29) is 5.04 Å². The first-order valence-corrected chi connectivity index (χ1v) is 13.9. The fourth-order valence-corrected chi connectivity index (χ4v) is 4.66. The molecule has 4 rings (SSSR count). The van der Waals surface area contributed by atoms with Crippen LogP contribution in [0.1, 0.15) is 31.9 Å². The first-order chi connectivity index (χ1) is 14.6. The van der Waals surface area contributed by atoms with Crippen molar-refractivity contribution in [2.24, 2.45) is 0 Å². The number of hydrogen-bond acceptors (Lipinski definition) is 2. The van der Waals surface area contributed by atoms with Gasteiger partial charge in [0.2, 0.25) is 8.32 Å². The highest BCUT2D eigenvalue weighted by Gasteiger charge is 2.39. The Hall–Kier alpha value is -2.78. The third kappa shape index (κ3) is 4.07. The molecule has 160 valence electrons. The maximum absolute atomic E-state index is 6.68. The third-order valence-electron chi connectivity index (χ3n) is 6.50. The van der Waals surface area contributed by atoms with Crippen LogP contribution >= 0.6 is 0 Å². The average molecular weight is 429 g/mol. The summed E-state index contributed by atoms with van der Waals surface area (Å²) in [6, 6.07) is 23.3.